The fourth-order valence-electron chi connectivity index (χ4n) is 1.43. The molecule has 2 atom stereocenters. The topological polar surface area (TPSA) is 66.4 Å². The van der Waals surface area contributed by atoms with Crippen molar-refractivity contribution in [2.45, 2.75) is 51.3 Å². The van der Waals surface area contributed by atoms with E-state index in [1.165, 1.54) is 11.3 Å². The normalized spacial score (nSPS) is 14.4. The molecule has 0 aromatic carbocycles. The van der Waals surface area contributed by atoms with Gasteiger partial charge in [0.2, 0.25) is 10.0 Å². The van der Waals surface area contributed by atoms with Gasteiger partial charge in [0.25, 0.3) is 0 Å². The molecule has 0 spiro atoms. The molecule has 6 heteroatoms. The lowest BCUT2D eigenvalue weighted by Gasteiger charge is -2.21. The summed E-state index contributed by atoms with van der Waals surface area (Å²) >= 11 is 1.23. The Kier molecular flexibility index (Phi) is 8.49. The minimum Gasteiger partial charge on any atom is -0.395 e. The molecule has 0 saturated heterocycles. The van der Waals surface area contributed by atoms with Crippen LogP contribution in [0.4, 0.5) is 0 Å². The Morgan fingerprint density at radius 1 is 1.37 bits per heavy atom. The molecule has 1 unspecified atom stereocenters. The fourth-order valence-corrected chi connectivity index (χ4v) is 4.07. The first-order chi connectivity index (χ1) is 8.90. The maximum Gasteiger partial charge on any atom is 0.250 e. The molecule has 0 saturated carbocycles. The first-order valence-electron chi connectivity index (χ1n) is 6.60. The molecule has 0 fully saturated rings. The van der Waals surface area contributed by atoms with Crippen LogP contribution in [-0.2, 0) is 10.0 Å². The second-order valence-electron chi connectivity index (χ2n) is 4.16. The minimum atomic E-state index is -3.50. The molecule has 1 rings (SSSR count). The predicted octanol–water partition coefficient (Wildman–Crippen LogP) is 2.77. The highest BCUT2D eigenvalue weighted by Gasteiger charge is 2.24. The molecule has 0 amide bonds. The van der Waals surface area contributed by atoms with Gasteiger partial charge >= 0.3 is 0 Å². The van der Waals surface area contributed by atoms with Crippen LogP contribution in [-0.4, -0.2) is 26.2 Å². The third kappa shape index (κ3) is 5.60. The lowest BCUT2D eigenvalue weighted by Crippen LogP contribution is -2.41. The van der Waals surface area contributed by atoms with Gasteiger partial charge in [-0.15, -0.1) is 11.3 Å². The first kappa shape index (κ1) is 18.6. The fraction of sp³-hybridized carbons (Fsp3) is 0.692. The Bertz CT molecular complexity index is 454. The van der Waals surface area contributed by atoms with Crippen molar-refractivity contribution < 1.29 is 13.5 Å². The summed E-state index contributed by atoms with van der Waals surface area (Å²) in [6.07, 6.45) is 0.817. The van der Waals surface area contributed by atoms with Crippen LogP contribution in [0.2, 0.25) is 0 Å². The molecular formula is C13H25NO3S2. The Morgan fingerprint density at radius 3 is 2.32 bits per heavy atom. The average Bonchev–Trinajstić information content (AvgIpc) is 2.85. The van der Waals surface area contributed by atoms with Crippen LogP contribution in [0.25, 0.3) is 0 Å². The van der Waals surface area contributed by atoms with Gasteiger partial charge in [0, 0.05) is 10.9 Å². The number of rotatable bonds is 6. The van der Waals surface area contributed by atoms with Crippen LogP contribution in [0.3, 0.4) is 0 Å². The van der Waals surface area contributed by atoms with Crippen molar-refractivity contribution in [3.63, 3.8) is 0 Å². The summed E-state index contributed by atoms with van der Waals surface area (Å²) in [5.41, 5.74) is 0. The lowest BCUT2D eigenvalue weighted by molar-refractivity contribution is 0.219. The van der Waals surface area contributed by atoms with E-state index in [1.54, 1.807) is 12.1 Å². The zero-order chi connectivity index (χ0) is 15.1. The Labute approximate surface area is 120 Å². The van der Waals surface area contributed by atoms with Gasteiger partial charge in [-0.05, 0) is 25.0 Å². The first-order valence-corrected chi connectivity index (χ1v) is 8.90. The molecule has 0 bridgehead atoms. The maximum absolute atomic E-state index is 12.0. The molecule has 4 nitrogen and oxygen atoms in total. The molecule has 0 aliphatic carbocycles. The van der Waals surface area contributed by atoms with E-state index in [9.17, 15) is 13.5 Å². The highest BCUT2D eigenvalue weighted by molar-refractivity contribution is 7.91. The zero-order valence-corrected chi connectivity index (χ0v) is 13.9. The van der Waals surface area contributed by atoms with Crippen LogP contribution in [0, 0.1) is 12.8 Å². The third-order valence-corrected chi connectivity index (χ3v) is 5.80. The highest BCUT2D eigenvalue weighted by atomic mass is 32.2. The van der Waals surface area contributed by atoms with Gasteiger partial charge in [0.05, 0.1) is 6.61 Å². The highest BCUT2D eigenvalue weighted by Crippen LogP contribution is 2.21. The van der Waals surface area contributed by atoms with Crippen LogP contribution >= 0.6 is 11.3 Å². The minimum absolute atomic E-state index is 0.107. The lowest BCUT2D eigenvalue weighted by atomic mass is 10.0. The number of hydrogen-bond donors (Lipinski definition) is 2. The van der Waals surface area contributed by atoms with Crippen LogP contribution in [0.1, 0.15) is 39.0 Å². The van der Waals surface area contributed by atoms with Crippen LogP contribution < -0.4 is 4.72 Å². The number of thiophene rings is 1. The number of hydrogen-bond acceptors (Lipinski definition) is 4. The van der Waals surface area contributed by atoms with Gasteiger partial charge in [0.15, 0.2) is 0 Å². The average molecular weight is 307 g/mol. The second kappa shape index (κ2) is 8.68. The van der Waals surface area contributed by atoms with E-state index in [2.05, 4.69) is 4.72 Å². The largest absolute Gasteiger partial charge is 0.395 e. The number of sulfonamides is 1. The van der Waals surface area contributed by atoms with Crippen molar-refractivity contribution in [3.8, 4) is 0 Å². The number of aliphatic hydroxyl groups is 1. The van der Waals surface area contributed by atoms with Gasteiger partial charge < -0.3 is 5.11 Å². The summed E-state index contributed by atoms with van der Waals surface area (Å²) in [5.74, 6) is 0.107. The summed E-state index contributed by atoms with van der Waals surface area (Å²) in [4.78, 5) is 0.953. The molecule has 0 aliphatic heterocycles. The van der Waals surface area contributed by atoms with Gasteiger partial charge in [-0.3, -0.25) is 0 Å². The molecule has 0 aliphatic rings. The van der Waals surface area contributed by atoms with Gasteiger partial charge in [0.1, 0.15) is 4.21 Å². The molecule has 19 heavy (non-hydrogen) atoms. The number of aliphatic hydroxyl groups excluding tert-OH is 1. The van der Waals surface area contributed by atoms with Crippen LogP contribution in [0.5, 0.6) is 0 Å². The SMILES string of the molecule is CC.CC[C@H](C)C(CO)NS(=O)(=O)c1ccc(C)s1. The molecule has 1 aromatic rings. The van der Waals surface area contributed by atoms with Crippen LogP contribution in [0.15, 0.2) is 16.3 Å². The van der Waals surface area contributed by atoms with Gasteiger partial charge in [-0.25, -0.2) is 13.1 Å². The smallest absolute Gasteiger partial charge is 0.250 e. The summed E-state index contributed by atoms with van der Waals surface area (Å²) < 4.78 is 26.9. The summed E-state index contributed by atoms with van der Waals surface area (Å²) in [5, 5.41) is 9.22. The Morgan fingerprint density at radius 2 is 1.95 bits per heavy atom. The Balaban J connectivity index is 0.00000154. The predicted molar refractivity (Wildman–Crippen MR) is 81.1 cm³/mol. The van der Waals surface area contributed by atoms with Crippen molar-refractivity contribution >= 4 is 21.4 Å². The van der Waals surface area contributed by atoms with E-state index in [1.807, 2.05) is 34.6 Å². The van der Waals surface area contributed by atoms with E-state index >= 15 is 0 Å². The second-order valence-corrected chi connectivity index (χ2v) is 7.39. The maximum atomic E-state index is 12.0. The van der Waals surface area contributed by atoms with Gasteiger partial charge in [-0.1, -0.05) is 34.1 Å². The molecule has 112 valence electrons. The Hall–Kier alpha value is -0.430. The van der Waals surface area contributed by atoms with Crippen molar-refractivity contribution in [3.05, 3.63) is 17.0 Å². The van der Waals surface area contributed by atoms with E-state index in [0.29, 0.717) is 4.21 Å². The van der Waals surface area contributed by atoms with E-state index < -0.39 is 16.1 Å². The molecule has 1 aromatic heterocycles. The van der Waals surface area contributed by atoms with E-state index in [-0.39, 0.29) is 12.5 Å². The summed E-state index contributed by atoms with van der Waals surface area (Å²) in [6.45, 7) is 9.57. The summed E-state index contributed by atoms with van der Waals surface area (Å²) in [7, 11) is -3.50. The molecule has 0 radical (unpaired) electrons. The van der Waals surface area contributed by atoms with Crippen molar-refractivity contribution in [2.75, 3.05) is 6.61 Å². The van der Waals surface area contributed by atoms with E-state index in [0.717, 1.165) is 11.3 Å². The monoisotopic (exact) mass is 307 g/mol. The molecule has 1 heterocycles. The van der Waals surface area contributed by atoms with Gasteiger partial charge in [-0.2, -0.15) is 0 Å². The molecular weight excluding hydrogens is 282 g/mol. The zero-order valence-electron chi connectivity index (χ0n) is 12.3. The van der Waals surface area contributed by atoms with Crippen molar-refractivity contribution in [1.82, 2.24) is 4.72 Å². The quantitative estimate of drug-likeness (QED) is 0.849. The van der Waals surface area contributed by atoms with Crippen molar-refractivity contribution in [1.29, 1.82) is 0 Å². The number of nitrogens with one attached hydrogen (secondary N) is 1. The summed E-state index contributed by atoms with van der Waals surface area (Å²) in [6, 6.07) is 2.94. The standard InChI is InChI=1S/C11H19NO3S2.C2H6/c1-4-8(2)10(7-13)12-17(14,15)11-6-5-9(3)16-11;1-2/h5-6,8,10,12-13H,4,7H2,1-3H3;1-2H3/t8-,10?;/m0./s1. The third-order valence-electron chi connectivity index (χ3n) is 2.81. The number of aryl methyl sites for hydroxylation is 1. The van der Waals surface area contributed by atoms with E-state index in [4.69, 9.17) is 0 Å². The van der Waals surface area contributed by atoms with Crippen molar-refractivity contribution in [2.24, 2.45) is 5.92 Å². The molecule has 2 N–H and O–H groups in total.